The average Bonchev–Trinajstić information content (AvgIpc) is 2.60. The molecule has 0 fully saturated rings. The minimum Gasteiger partial charge on any atom is -0.376 e. The van der Waals surface area contributed by atoms with Gasteiger partial charge in [0.2, 0.25) is 5.12 Å². The first-order chi connectivity index (χ1) is 12.1. The third kappa shape index (κ3) is 12.2. The van der Waals surface area contributed by atoms with E-state index in [0.717, 1.165) is 24.6 Å². The second-order valence-corrected chi connectivity index (χ2v) is 9.92. The van der Waals surface area contributed by atoms with Crippen LogP contribution in [0.4, 0.5) is 0 Å². The number of thioether (sulfide) groups is 1. The molecule has 0 aromatic rings. The highest BCUT2D eigenvalue weighted by molar-refractivity contribution is 8.13. The lowest BCUT2D eigenvalue weighted by Gasteiger charge is -2.30. The van der Waals surface area contributed by atoms with Crippen molar-refractivity contribution in [1.29, 1.82) is 0 Å². The highest BCUT2D eigenvalue weighted by atomic mass is 32.2. The normalized spacial score (nSPS) is 13.2. The molecular formula is C18H38O5SSi. The summed E-state index contributed by atoms with van der Waals surface area (Å²) in [7, 11) is -1.12. The first-order valence-corrected chi connectivity index (χ1v) is 12.5. The van der Waals surface area contributed by atoms with Gasteiger partial charge in [0.05, 0.1) is 0 Å². The number of unbranched alkanes of at least 4 members (excludes halogenated alkanes) is 1. The summed E-state index contributed by atoms with van der Waals surface area (Å²) >= 11 is 1.31. The summed E-state index contributed by atoms with van der Waals surface area (Å²) < 4.78 is 23.1. The van der Waals surface area contributed by atoms with E-state index in [1.807, 2.05) is 13.8 Å². The third-order valence-corrected chi connectivity index (χ3v) is 7.93. The molecule has 0 aliphatic rings. The second-order valence-electron chi connectivity index (χ2n) is 6.03. The molecule has 25 heavy (non-hydrogen) atoms. The first-order valence-electron chi connectivity index (χ1n) is 9.63. The van der Waals surface area contributed by atoms with Gasteiger partial charge in [-0.15, -0.1) is 0 Å². The maximum Gasteiger partial charge on any atom is 0.500 e. The van der Waals surface area contributed by atoms with Crippen molar-refractivity contribution in [2.75, 3.05) is 39.3 Å². The molecule has 0 saturated heterocycles. The van der Waals surface area contributed by atoms with Crippen LogP contribution in [0.3, 0.4) is 0 Å². The Kier molecular flexibility index (Phi) is 16.3. The van der Waals surface area contributed by atoms with Crippen molar-refractivity contribution in [2.24, 2.45) is 5.92 Å². The molecule has 0 bridgehead atoms. The molecule has 0 aliphatic heterocycles. The molecule has 0 aromatic heterocycles. The SMILES string of the molecule is CCCCC(CC)CO[Si](CCCSC(=O)COC)(OCC)OCC. The predicted octanol–water partition coefficient (Wildman–Crippen LogP) is 4.53. The summed E-state index contributed by atoms with van der Waals surface area (Å²) in [5.74, 6) is 1.30. The Bertz CT molecular complexity index is 325. The summed E-state index contributed by atoms with van der Waals surface area (Å²) in [5.41, 5.74) is 0. The lowest BCUT2D eigenvalue weighted by Crippen LogP contribution is -2.47. The number of ether oxygens (including phenoxy) is 1. The monoisotopic (exact) mass is 394 g/mol. The topological polar surface area (TPSA) is 54.0 Å². The third-order valence-electron chi connectivity index (χ3n) is 3.96. The van der Waals surface area contributed by atoms with Crippen LogP contribution in [0.1, 0.15) is 59.8 Å². The van der Waals surface area contributed by atoms with E-state index in [9.17, 15) is 4.79 Å². The number of methoxy groups -OCH3 is 1. The highest BCUT2D eigenvalue weighted by Gasteiger charge is 2.40. The molecule has 0 N–H and O–H groups in total. The van der Waals surface area contributed by atoms with Crippen LogP contribution >= 0.6 is 11.8 Å². The summed E-state index contributed by atoms with van der Waals surface area (Å²) in [6.45, 7) is 10.4. The van der Waals surface area contributed by atoms with Gasteiger partial charge in [0.15, 0.2) is 0 Å². The maximum atomic E-state index is 11.5. The Labute approximate surface area is 159 Å². The fourth-order valence-electron chi connectivity index (χ4n) is 2.56. The molecule has 0 saturated carbocycles. The van der Waals surface area contributed by atoms with Crippen LogP contribution in [-0.4, -0.2) is 53.2 Å². The molecule has 0 spiro atoms. The maximum absolute atomic E-state index is 11.5. The lowest BCUT2D eigenvalue weighted by molar-refractivity contribution is -0.114. The van der Waals surface area contributed by atoms with Crippen LogP contribution < -0.4 is 0 Å². The van der Waals surface area contributed by atoms with Crippen molar-refractivity contribution < 1.29 is 22.8 Å². The van der Waals surface area contributed by atoms with E-state index in [-0.39, 0.29) is 11.7 Å². The minimum atomic E-state index is -2.66. The van der Waals surface area contributed by atoms with E-state index in [1.165, 1.54) is 38.1 Å². The van der Waals surface area contributed by atoms with E-state index >= 15 is 0 Å². The zero-order valence-corrected chi connectivity index (χ0v) is 18.6. The van der Waals surface area contributed by atoms with Crippen molar-refractivity contribution in [2.45, 2.75) is 65.8 Å². The van der Waals surface area contributed by atoms with Crippen molar-refractivity contribution in [3.8, 4) is 0 Å². The number of carbonyl (C=O) groups is 1. The van der Waals surface area contributed by atoms with Gasteiger partial charge >= 0.3 is 8.80 Å². The van der Waals surface area contributed by atoms with Crippen molar-refractivity contribution >= 4 is 25.7 Å². The zero-order chi connectivity index (χ0) is 19.0. The molecule has 0 amide bonds. The Balaban J connectivity index is 4.56. The van der Waals surface area contributed by atoms with Crippen LogP contribution in [-0.2, 0) is 22.8 Å². The van der Waals surface area contributed by atoms with Crippen LogP contribution in [0.25, 0.3) is 0 Å². The van der Waals surface area contributed by atoms with Gasteiger partial charge in [0.25, 0.3) is 0 Å². The van der Waals surface area contributed by atoms with E-state index in [4.69, 9.17) is 18.0 Å². The minimum absolute atomic E-state index is 0.0640. The summed E-state index contributed by atoms with van der Waals surface area (Å²) in [6, 6.07) is 0.756. The van der Waals surface area contributed by atoms with E-state index in [0.29, 0.717) is 25.7 Å². The number of hydrogen-bond acceptors (Lipinski definition) is 6. The summed E-state index contributed by atoms with van der Waals surface area (Å²) in [5, 5.41) is 0.0640. The lowest BCUT2D eigenvalue weighted by atomic mass is 10.0. The Morgan fingerprint density at radius 3 is 2.24 bits per heavy atom. The second kappa shape index (κ2) is 16.3. The number of hydrogen-bond donors (Lipinski definition) is 0. The quantitative estimate of drug-likeness (QED) is 0.267. The van der Waals surface area contributed by atoms with Crippen LogP contribution in [0, 0.1) is 5.92 Å². The van der Waals surface area contributed by atoms with Crippen LogP contribution in [0.15, 0.2) is 0 Å². The van der Waals surface area contributed by atoms with E-state index in [2.05, 4.69) is 13.8 Å². The van der Waals surface area contributed by atoms with Gasteiger partial charge in [0.1, 0.15) is 6.61 Å². The average molecular weight is 395 g/mol. The van der Waals surface area contributed by atoms with Gasteiger partial charge < -0.3 is 18.0 Å². The zero-order valence-electron chi connectivity index (χ0n) is 16.8. The molecule has 150 valence electrons. The molecule has 0 aliphatic carbocycles. The van der Waals surface area contributed by atoms with Gasteiger partial charge in [0, 0.05) is 38.7 Å². The molecular weight excluding hydrogens is 356 g/mol. The van der Waals surface area contributed by atoms with Crippen molar-refractivity contribution in [1.82, 2.24) is 0 Å². The number of carbonyl (C=O) groups excluding carboxylic acids is 1. The van der Waals surface area contributed by atoms with Gasteiger partial charge in [-0.05, 0) is 32.6 Å². The van der Waals surface area contributed by atoms with E-state index < -0.39 is 8.80 Å². The molecule has 0 rings (SSSR count). The Morgan fingerprint density at radius 2 is 1.72 bits per heavy atom. The fourth-order valence-corrected chi connectivity index (χ4v) is 6.19. The van der Waals surface area contributed by atoms with Gasteiger partial charge in [-0.25, -0.2) is 0 Å². The predicted molar refractivity (Wildman–Crippen MR) is 107 cm³/mol. The van der Waals surface area contributed by atoms with Gasteiger partial charge in [-0.1, -0.05) is 44.9 Å². The van der Waals surface area contributed by atoms with Gasteiger partial charge in [-0.2, -0.15) is 0 Å². The van der Waals surface area contributed by atoms with Gasteiger partial charge in [-0.3, -0.25) is 4.79 Å². The molecule has 1 unspecified atom stereocenters. The molecule has 1 atom stereocenters. The van der Waals surface area contributed by atoms with Crippen LogP contribution in [0.5, 0.6) is 0 Å². The first kappa shape index (κ1) is 25.1. The standard InChI is InChI=1S/C18H38O5SSi/c1-6-10-12-17(7-2)15-23-25(21-8-3,22-9-4)14-11-13-24-18(19)16-20-5/h17H,6-16H2,1-5H3. The largest absolute Gasteiger partial charge is 0.500 e. The fraction of sp³-hybridized carbons (Fsp3) is 0.944. The smallest absolute Gasteiger partial charge is 0.376 e. The Morgan fingerprint density at radius 1 is 1.04 bits per heavy atom. The van der Waals surface area contributed by atoms with E-state index in [1.54, 1.807) is 0 Å². The molecule has 0 radical (unpaired) electrons. The summed E-state index contributed by atoms with van der Waals surface area (Å²) in [4.78, 5) is 11.5. The molecule has 7 heteroatoms. The number of rotatable bonds is 17. The summed E-state index contributed by atoms with van der Waals surface area (Å²) in [6.07, 6.45) is 5.60. The Hall–Kier alpha value is 0.0769. The molecule has 0 aromatic carbocycles. The molecule has 5 nitrogen and oxygen atoms in total. The van der Waals surface area contributed by atoms with Crippen molar-refractivity contribution in [3.63, 3.8) is 0 Å². The molecule has 0 heterocycles. The van der Waals surface area contributed by atoms with Crippen LogP contribution in [0.2, 0.25) is 6.04 Å². The highest BCUT2D eigenvalue weighted by Crippen LogP contribution is 2.23. The van der Waals surface area contributed by atoms with Crippen molar-refractivity contribution in [3.05, 3.63) is 0 Å².